The first-order chi connectivity index (χ1) is 17.9. The van der Waals surface area contributed by atoms with E-state index in [-0.39, 0.29) is 13.0 Å². The Morgan fingerprint density at radius 3 is 1.57 bits per heavy atom. The standard InChI is InChI=1S/C29H29N2O4PS/c1-2-35-29(32)28(23-24-15-7-3-8-16-24)30-37(33,34)31-36(25-17-9-4-10-18-25,26-19-11-5-12-20-26)27-21-13-6-14-22-27/h3-22,28,30H,2,23H2,1H3. The Balaban J connectivity index is 1.90. The largest absolute Gasteiger partial charge is 0.465 e. The molecule has 0 fully saturated rings. The van der Waals surface area contributed by atoms with E-state index in [2.05, 4.69) is 8.87 Å². The SMILES string of the molecule is CCOC(=O)C(Cc1ccccc1)NS(=O)(=O)N=P(c1ccccc1)(c1ccccc1)c1ccccc1. The maximum absolute atomic E-state index is 13.8. The molecular formula is C29H29N2O4PS. The van der Waals surface area contributed by atoms with Gasteiger partial charge in [-0.2, -0.15) is 17.3 Å². The van der Waals surface area contributed by atoms with Crippen LogP contribution in [-0.4, -0.2) is 27.0 Å². The highest BCUT2D eigenvalue weighted by Gasteiger charge is 2.33. The number of carbonyl (C=O) groups excluding carboxylic acids is 1. The molecule has 0 radical (unpaired) electrons. The van der Waals surface area contributed by atoms with Crippen molar-refractivity contribution >= 4 is 39.1 Å². The van der Waals surface area contributed by atoms with Gasteiger partial charge in [-0.25, -0.2) is 0 Å². The third kappa shape index (κ3) is 6.44. The van der Waals surface area contributed by atoms with Crippen LogP contribution in [0, 0.1) is 0 Å². The Labute approximate surface area is 218 Å². The zero-order chi connectivity index (χ0) is 26.1. The van der Waals surface area contributed by atoms with Gasteiger partial charge in [-0.1, -0.05) is 121 Å². The van der Waals surface area contributed by atoms with Crippen molar-refractivity contribution < 1.29 is 17.9 Å². The van der Waals surface area contributed by atoms with Gasteiger partial charge in [0, 0.05) is 15.9 Å². The van der Waals surface area contributed by atoms with Crippen LogP contribution in [0.15, 0.2) is 125 Å². The van der Waals surface area contributed by atoms with Gasteiger partial charge in [-0.15, -0.1) is 0 Å². The molecule has 0 amide bonds. The molecule has 0 saturated carbocycles. The quantitative estimate of drug-likeness (QED) is 0.245. The molecule has 1 atom stereocenters. The predicted octanol–water partition coefficient (Wildman–Crippen LogP) is 4.17. The molecule has 0 bridgehead atoms. The third-order valence-corrected chi connectivity index (χ3v) is 11.3. The summed E-state index contributed by atoms with van der Waals surface area (Å²) in [6.07, 6.45) is 0.141. The molecule has 0 aromatic heterocycles. The highest BCUT2D eigenvalue weighted by Crippen LogP contribution is 2.47. The minimum atomic E-state index is -4.34. The van der Waals surface area contributed by atoms with Crippen molar-refractivity contribution in [3.8, 4) is 0 Å². The molecule has 37 heavy (non-hydrogen) atoms. The van der Waals surface area contributed by atoms with Crippen molar-refractivity contribution in [1.82, 2.24) is 4.72 Å². The average molecular weight is 533 g/mol. The second-order valence-corrected chi connectivity index (χ2v) is 13.0. The van der Waals surface area contributed by atoms with E-state index >= 15 is 0 Å². The lowest BCUT2D eigenvalue weighted by molar-refractivity contribution is -0.145. The van der Waals surface area contributed by atoms with E-state index in [0.717, 1.165) is 21.5 Å². The number of ether oxygens (including phenoxy) is 1. The van der Waals surface area contributed by atoms with Gasteiger partial charge in [0.1, 0.15) is 6.04 Å². The molecule has 0 heterocycles. The molecule has 4 aromatic rings. The third-order valence-electron chi connectivity index (χ3n) is 5.76. The van der Waals surface area contributed by atoms with Gasteiger partial charge in [0.15, 0.2) is 0 Å². The van der Waals surface area contributed by atoms with Crippen molar-refractivity contribution in [1.29, 1.82) is 0 Å². The molecule has 190 valence electrons. The van der Waals surface area contributed by atoms with Crippen molar-refractivity contribution in [2.75, 3.05) is 6.61 Å². The average Bonchev–Trinajstić information content (AvgIpc) is 2.93. The maximum atomic E-state index is 13.8. The molecule has 0 aliphatic carbocycles. The van der Waals surface area contributed by atoms with Crippen LogP contribution in [0.3, 0.4) is 0 Å². The maximum Gasteiger partial charge on any atom is 0.324 e. The van der Waals surface area contributed by atoms with Crippen molar-refractivity contribution in [3.63, 3.8) is 0 Å². The zero-order valence-corrected chi connectivity index (χ0v) is 22.2. The van der Waals surface area contributed by atoms with Crippen molar-refractivity contribution in [2.24, 2.45) is 4.15 Å². The Morgan fingerprint density at radius 2 is 1.16 bits per heavy atom. The summed E-state index contributed by atoms with van der Waals surface area (Å²) in [7, 11) is -7.38. The van der Waals surface area contributed by atoms with Gasteiger partial charge in [0.05, 0.1) is 13.7 Å². The number of hydrogen-bond acceptors (Lipinski definition) is 4. The van der Waals surface area contributed by atoms with E-state index in [9.17, 15) is 13.2 Å². The first-order valence-corrected chi connectivity index (χ1v) is 15.2. The minimum absolute atomic E-state index is 0.137. The zero-order valence-electron chi connectivity index (χ0n) is 20.5. The van der Waals surface area contributed by atoms with Gasteiger partial charge in [0.25, 0.3) is 0 Å². The molecule has 0 aliphatic heterocycles. The summed E-state index contributed by atoms with van der Waals surface area (Å²) in [5, 5.41) is 2.36. The minimum Gasteiger partial charge on any atom is -0.465 e. The fourth-order valence-electron chi connectivity index (χ4n) is 4.15. The summed E-state index contributed by atoms with van der Waals surface area (Å²) in [5.74, 6) is -0.645. The van der Waals surface area contributed by atoms with Gasteiger partial charge in [-0.3, -0.25) is 4.79 Å². The fraction of sp³-hybridized carbons (Fsp3) is 0.138. The smallest absolute Gasteiger partial charge is 0.324 e. The summed E-state index contributed by atoms with van der Waals surface area (Å²) in [4.78, 5) is 12.8. The number of esters is 1. The van der Waals surface area contributed by atoms with Crippen LogP contribution in [0.2, 0.25) is 0 Å². The monoisotopic (exact) mass is 532 g/mol. The molecule has 6 nitrogen and oxygen atoms in total. The van der Waals surface area contributed by atoms with Crippen molar-refractivity contribution in [3.05, 3.63) is 127 Å². The van der Waals surface area contributed by atoms with E-state index in [1.165, 1.54) is 0 Å². The lowest BCUT2D eigenvalue weighted by Gasteiger charge is -2.27. The summed E-state index contributed by atoms with van der Waals surface area (Å²) in [6, 6.07) is 36.4. The Morgan fingerprint density at radius 1 is 0.757 bits per heavy atom. The van der Waals surface area contributed by atoms with E-state index in [0.29, 0.717) is 0 Å². The Kier molecular flexibility index (Phi) is 8.72. The van der Waals surface area contributed by atoms with E-state index in [1.807, 2.05) is 121 Å². The highest BCUT2D eigenvalue weighted by atomic mass is 32.2. The van der Waals surface area contributed by atoms with Gasteiger partial charge >= 0.3 is 16.2 Å². The number of nitrogens with zero attached hydrogens (tertiary/aromatic N) is 1. The van der Waals surface area contributed by atoms with Crippen molar-refractivity contribution in [2.45, 2.75) is 19.4 Å². The molecule has 0 aliphatic rings. The summed E-state index contributed by atoms with van der Waals surface area (Å²) >= 11 is 0. The van der Waals surface area contributed by atoms with Gasteiger partial charge < -0.3 is 4.74 Å². The highest BCUT2D eigenvalue weighted by molar-refractivity contribution is 7.98. The summed E-state index contributed by atoms with van der Waals surface area (Å²) in [5.41, 5.74) is 0.804. The molecule has 4 rings (SSSR count). The summed E-state index contributed by atoms with van der Waals surface area (Å²) in [6.45, 7) is 1.82. The lowest BCUT2D eigenvalue weighted by atomic mass is 10.1. The van der Waals surface area contributed by atoms with E-state index < -0.39 is 29.3 Å². The first kappa shape index (κ1) is 26.6. The van der Waals surface area contributed by atoms with Crippen LogP contribution in [0.5, 0.6) is 0 Å². The second kappa shape index (κ2) is 12.2. The molecule has 1 unspecified atom stereocenters. The number of nitrogens with one attached hydrogen (secondary N) is 1. The molecule has 4 aromatic carbocycles. The normalized spacial score (nSPS) is 12.5. The Hall–Kier alpha value is -3.51. The van der Waals surface area contributed by atoms with Crippen LogP contribution in [-0.2, 0) is 26.2 Å². The second-order valence-electron chi connectivity index (χ2n) is 8.31. The van der Waals surface area contributed by atoms with Crippen LogP contribution in [0.25, 0.3) is 0 Å². The molecule has 0 spiro atoms. The van der Waals surface area contributed by atoms with E-state index in [4.69, 9.17) is 4.74 Å². The predicted molar refractivity (Wildman–Crippen MR) is 150 cm³/mol. The van der Waals surface area contributed by atoms with Crippen LogP contribution >= 0.6 is 7.05 Å². The van der Waals surface area contributed by atoms with E-state index in [1.54, 1.807) is 6.92 Å². The van der Waals surface area contributed by atoms with Gasteiger partial charge in [-0.05, 0) is 18.9 Å². The molecule has 8 heteroatoms. The molecule has 0 saturated heterocycles. The number of carbonyl (C=O) groups is 1. The van der Waals surface area contributed by atoms with Crippen LogP contribution in [0.1, 0.15) is 12.5 Å². The summed E-state index contributed by atoms with van der Waals surface area (Å²) < 4.78 is 40.0. The fourth-order valence-corrected chi connectivity index (χ4v) is 10.0. The van der Waals surface area contributed by atoms with Crippen LogP contribution in [0.4, 0.5) is 0 Å². The topological polar surface area (TPSA) is 84.8 Å². The van der Waals surface area contributed by atoms with Crippen LogP contribution < -0.4 is 20.6 Å². The number of hydrogen-bond donors (Lipinski definition) is 1. The number of benzene rings is 4. The number of rotatable bonds is 10. The lowest BCUT2D eigenvalue weighted by Crippen LogP contribution is -2.43. The Bertz CT molecular complexity index is 1360. The molecule has 1 N–H and O–H groups in total. The van der Waals surface area contributed by atoms with Gasteiger partial charge in [0.2, 0.25) is 0 Å². The molecular weight excluding hydrogens is 503 g/mol. The first-order valence-electron chi connectivity index (χ1n) is 12.0.